The Labute approximate surface area is 176 Å². The van der Waals surface area contributed by atoms with Crippen molar-refractivity contribution in [2.24, 2.45) is 4.99 Å². The van der Waals surface area contributed by atoms with E-state index in [0.717, 1.165) is 57.4 Å². The molecule has 0 fully saturated rings. The van der Waals surface area contributed by atoms with E-state index in [9.17, 15) is 0 Å². The van der Waals surface area contributed by atoms with Gasteiger partial charge in [-0.1, -0.05) is 27.2 Å². The van der Waals surface area contributed by atoms with Gasteiger partial charge in [-0.25, -0.2) is 9.67 Å². The molecular formula is C21H18BrN5O2. The summed E-state index contributed by atoms with van der Waals surface area (Å²) in [6, 6.07) is 13.8. The lowest BCUT2D eigenvalue weighted by molar-refractivity contribution is 0.171. The molecule has 0 unspecified atom stereocenters. The predicted molar refractivity (Wildman–Crippen MR) is 114 cm³/mol. The van der Waals surface area contributed by atoms with Crippen LogP contribution in [-0.2, 0) is 6.42 Å². The van der Waals surface area contributed by atoms with Crippen molar-refractivity contribution in [2.75, 3.05) is 18.5 Å². The molecule has 8 heteroatoms. The first-order chi connectivity index (χ1) is 14.3. The summed E-state index contributed by atoms with van der Waals surface area (Å²) >= 11 is 3.49. The van der Waals surface area contributed by atoms with E-state index in [0.29, 0.717) is 13.2 Å². The van der Waals surface area contributed by atoms with Gasteiger partial charge in [-0.15, -0.1) is 5.10 Å². The van der Waals surface area contributed by atoms with Gasteiger partial charge in [0.1, 0.15) is 24.7 Å². The van der Waals surface area contributed by atoms with Gasteiger partial charge in [0.25, 0.3) is 0 Å². The minimum atomic E-state index is 0.553. The second-order valence-electron chi connectivity index (χ2n) is 6.68. The van der Waals surface area contributed by atoms with Gasteiger partial charge in [-0.2, -0.15) is 0 Å². The number of ether oxygens (including phenoxy) is 2. The van der Waals surface area contributed by atoms with Crippen LogP contribution in [0.2, 0.25) is 0 Å². The summed E-state index contributed by atoms with van der Waals surface area (Å²) in [7, 11) is 0. The van der Waals surface area contributed by atoms with Crippen molar-refractivity contribution >= 4 is 27.8 Å². The molecule has 0 saturated heterocycles. The predicted octanol–water partition coefficient (Wildman–Crippen LogP) is 4.12. The van der Waals surface area contributed by atoms with Gasteiger partial charge in [-0.05, 0) is 49.2 Å². The van der Waals surface area contributed by atoms with Gasteiger partial charge in [0.15, 0.2) is 11.5 Å². The van der Waals surface area contributed by atoms with E-state index in [2.05, 4.69) is 42.6 Å². The second-order valence-corrected chi connectivity index (χ2v) is 7.60. The highest BCUT2D eigenvalue weighted by atomic mass is 79.9. The summed E-state index contributed by atoms with van der Waals surface area (Å²) in [4.78, 5) is 4.58. The first-order valence-corrected chi connectivity index (χ1v) is 10.2. The summed E-state index contributed by atoms with van der Waals surface area (Å²) in [6.07, 6.45) is 5.46. The summed E-state index contributed by atoms with van der Waals surface area (Å²) in [5.74, 6) is 2.29. The van der Waals surface area contributed by atoms with Crippen LogP contribution in [0.3, 0.4) is 0 Å². The lowest BCUT2D eigenvalue weighted by Gasteiger charge is -2.19. The first kappa shape index (κ1) is 17.9. The van der Waals surface area contributed by atoms with Crippen molar-refractivity contribution in [1.82, 2.24) is 15.0 Å². The molecule has 0 radical (unpaired) electrons. The smallest absolute Gasteiger partial charge is 0.163 e. The van der Waals surface area contributed by atoms with Gasteiger partial charge in [0.05, 0.1) is 17.6 Å². The van der Waals surface area contributed by atoms with E-state index >= 15 is 0 Å². The summed E-state index contributed by atoms with van der Waals surface area (Å²) in [6.45, 7) is 1.13. The number of anilines is 1. The lowest BCUT2D eigenvalue weighted by Crippen LogP contribution is -2.15. The third kappa shape index (κ3) is 3.75. The number of nitrogens with zero attached hydrogens (tertiary/aromatic N) is 4. The van der Waals surface area contributed by atoms with Crippen LogP contribution in [0.1, 0.15) is 17.8 Å². The van der Waals surface area contributed by atoms with E-state index in [1.165, 1.54) is 0 Å². The van der Waals surface area contributed by atoms with Crippen LogP contribution in [0.25, 0.3) is 5.69 Å². The maximum absolute atomic E-state index is 5.70. The fourth-order valence-electron chi connectivity index (χ4n) is 3.35. The number of hydrogen-bond donors (Lipinski definition) is 1. The van der Waals surface area contributed by atoms with E-state index in [-0.39, 0.29) is 0 Å². The third-order valence-corrected chi connectivity index (χ3v) is 5.20. The maximum Gasteiger partial charge on any atom is 0.163 e. The van der Waals surface area contributed by atoms with Crippen molar-refractivity contribution in [3.63, 3.8) is 0 Å². The van der Waals surface area contributed by atoms with Crippen LogP contribution in [0.4, 0.5) is 5.69 Å². The Morgan fingerprint density at radius 3 is 2.83 bits per heavy atom. The van der Waals surface area contributed by atoms with E-state index < -0.39 is 0 Å². The number of allylic oxidation sites excluding steroid dienone is 1. The molecule has 2 aliphatic heterocycles. The Bertz CT molecular complexity index is 1120. The van der Waals surface area contributed by atoms with Gasteiger partial charge in [-0.3, -0.25) is 0 Å². The first-order valence-electron chi connectivity index (χ1n) is 9.38. The topological polar surface area (TPSA) is 73.6 Å². The van der Waals surface area contributed by atoms with Gasteiger partial charge < -0.3 is 14.8 Å². The average molecular weight is 452 g/mol. The highest BCUT2D eigenvalue weighted by Gasteiger charge is 2.17. The van der Waals surface area contributed by atoms with Crippen molar-refractivity contribution in [1.29, 1.82) is 0 Å². The molecule has 1 aromatic heterocycles. The van der Waals surface area contributed by atoms with Crippen LogP contribution in [-0.4, -0.2) is 34.4 Å². The Kier molecular flexibility index (Phi) is 4.77. The third-order valence-electron chi connectivity index (χ3n) is 4.71. The molecule has 2 aliphatic rings. The number of fused-ring (bicyclic) bond motifs is 2. The van der Waals surface area contributed by atoms with E-state index in [4.69, 9.17) is 9.47 Å². The summed E-state index contributed by atoms with van der Waals surface area (Å²) < 4.78 is 14.2. The molecule has 5 rings (SSSR count). The molecule has 0 atom stereocenters. The molecule has 7 nitrogen and oxygen atoms in total. The van der Waals surface area contributed by atoms with Crippen molar-refractivity contribution in [3.8, 4) is 17.2 Å². The summed E-state index contributed by atoms with van der Waals surface area (Å²) in [5.41, 5.74) is 3.65. The standard InChI is InChI=1S/C21H18BrN5O2/c22-14-3-1-4-15(11-14)24-21-6-2-5-18-17(13-23-21)25-26-27(18)16-7-8-19-20(12-16)29-10-9-28-19/h1,3-4,6-8,11-13,24H,2,5,9-10H2. The largest absolute Gasteiger partial charge is 0.486 e. The van der Waals surface area contributed by atoms with Crippen LogP contribution < -0.4 is 14.8 Å². The van der Waals surface area contributed by atoms with Crippen LogP contribution in [0.15, 0.2) is 63.8 Å². The van der Waals surface area contributed by atoms with Crippen LogP contribution >= 0.6 is 15.9 Å². The quantitative estimate of drug-likeness (QED) is 0.648. The number of aliphatic imine (C=N–C) groups is 1. The monoisotopic (exact) mass is 451 g/mol. The van der Waals surface area contributed by atoms with Gasteiger partial charge in [0.2, 0.25) is 0 Å². The molecule has 2 aromatic carbocycles. The number of aromatic nitrogens is 3. The molecule has 0 aliphatic carbocycles. The van der Waals surface area contributed by atoms with E-state index in [1.807, 2.05) is 47.1 Å². The molecule has 0 spiro atoms. The normalized spacial score (nSPS) is 15.1. The zero-order valence-electron chi connectivity index (χ0n) is 15.5. The summed E-state index contributed by atoms with van der Waals surface area (Å²) in [5, 5.41) is 12.0. The maximum atomic E-state index is 5.70. The van der Waals surface area contributed by atoms with Crippen molar-refractivity contribution in [2.45, 2.75) is 12.8 Å². The number of benzene rings is 2. The Hall–Kier alpha value is -3.13. The molecular weight excluding hydrogens is 434 g/mol. The van der Waals surface area contributed by atoms with Gasteiger partial charge in [0, 0.05) is 16.2 Å². The Morgan fingerprint density at radius 2 is 1.93 bits per heavy atom. The van der Waals surface area contributed by atoms with Crippen LogP contribution in [0.5, 0.6) is 11.5 Å². The van der Waals surface area contributed by atoms with Crippen LogP contribution in [0, 0.1) is 0 Å². The number of nitrogens with one attached hydrogen (secondary N) is 1. The number of halogens is 1. The lowest BCUT2D eigenvalue weighted by atomic mass is 10.1. The molecule has 0 bridgehead atoms. The minimum Gasteiger partial charge on any atom is -0.486 e. The highest BCUT2D eigenvalue weighted by molar-refractivity contribution is 9.10. The molecule has 0 amide bonds. The molecule has 3 aromatic rings. The zero-order chi connectivity index (χ0) is 19.6. The fourth-order valence-corrected chi connectivity index (χ4v) is 3.74. The fraction of sp³-hybridized carbons (Fsp3) is 0.190. The molecule has 1 N–H and O–H groups in total. The number of rotatable bonds is 3. The zero-order valence-corrected chi connectivity index (χ0v) is 17.1. The second kappa shape index (κ2) is 7.71. The minimum absolute atomic E-state index is 0.553. The Balaban J connectivity index is 1.41. The SMILES string of the molecule is Brc1cccc(NC2=CCCc3c(nnn3-c3ccc4c(c3)OCCO4)C=N2)c1. The van der Waals surface area contributed by atoms with E-state index in [1.54, 1.807) is 6.21 Å². The van der Waals surface area contributed by atoms with Crippen molar-refractivity contribution in [3.05, 3.63) is 70.2 Å². The molecule has 3 heterocycles. The average Bonchev–Trinajstić information content (AvgIpc) is 3.11. The molecule has 146 valence electrons. The molecule has 29 heavy (non-hydrogen) atoms. The number of hydrogen-bond acceptors (Lipinski definition) is 6. The Morgan fingerprint density at radius 1 is 1.03 bits per heavy atom. The van der Waals surface area contributed by atoms with Crippen molar-refractivity contribution < 1.29 is 9.47 Å². The molecule has 0 saturated carbocycles. The van der Waals surface area contributed by atoms with Gasteiger partial charge >= 0.3 is 0 Å². The highest BCUT2D eigenvalue weighted by Crippen LogP contribution is 2.32.